The number of aliphatic imine (C=N–C) groups is 1. The molecule has 2 fully saturated rings. The largest absolute Gasteiger partial charge is 0.444 e. The number of fused-ring (bicyclic) bond motifs is 1. The molecule has 2 heterocycles. The third kappa shape index (κ3) is 5.15. The molecule has 3 rings (SSSR count). The highest BCUT2D eigenvalue weighted by molar-refractivity contribution is 8.16. The zero-order valence-electron chi connectivity index (χ0n) is 17.8. The van der Waals surface area contributed by atoms with E-state index in [1.54, 1.807) is 20.8 Å². The number of anilines is 1. The lowest BCUT2D eigenvalue weighted by atomic mass is 10.1. The smallest absolute Gasteiger partial charge is 0.408 e. The summed E-state index contributed by atoms with van der Waals surface area (Å²) in [6.07, 6.45) is -0.690. The molecule has 164 valence electrons. The number of hydrogen-bond acceptors (Lipinski definition) is 6. The summed E-state index contributed by atoms with van der Waals surface area (Å²) in [5.74, 6) is -0.435. The van der Waals surface area contributed by atoms with E-state index in [2.05, 4.69) is 10.3 Å². The van der Waals surface area contributed by atoms with Crippen molar-refractivity contribution < 1.29 is 22.7 Å². The lowest BCUT2D eigenvalue weighted by Gasteiger charge is -2.27. The van der Waals surface area contributed by atoms with Gasteiger partial charge in [-0.15, -0.1) is 0 Å². The molecule has 0 radical (unpaired) electrons. The van der Waals surface area contributed by atoms with Gasteiger partial charge in [0.2, 0.25) is 0 Å². The van der Waals surface area contributed by atoms with E-state index in [0.717, 1.165) is 16.8 Å². The van der Waals surface area contributed by atoms with Crippen LogP contribution in [0, 0.1) is 13.8 Å². The molecular weight excluding hydrogens is 426 g/mol. The van der Waals surface area contributed by atoms with Crippen LogP contribution in [0.15, 0.2) is 23.2 Å². The van der Waals surface area contributed by atoms with Crippen molar-refractivity contribution in [2.45, 2.75) is 51.5 Å². The molecule has 2 atom stereocenters. The van der Waals surface area contributed by atoms with Gasteiger partial charge >= 0.3 is 6.09 Å². The quantitative estimate of drug-likeness (QED) is 0.749. The number of sulfone groups is 1. The number of rotatable bonds is 3. The van der Waals surface area contributed by atoms with E-state index in [1.807, 2.05) is 36.9 Å². The molecule has 0 aliphatic carbocycles. The minimum atomic E-state index is -3.14. The fourth-order valence-corrected chi connectivity index (χ4v) is 7.38. The third-order valence-electron chi connectivity index (χ3n) is 4.91. The maximum atomic E-state index is 12.4. The number of hydrogen-bond donors (Lipinski definition) is 1. The first kappa shape index (κ1) is 22.6. The first-order valence-corrected chi connectivity index (χ1v) is 12.4. The van der Waals surface area contributed by atoms with Crippen molar-refractivity contribution >= 4 is 44.5 Å². The van der Waals surface area contributed by atoms with E-state index < -0.39 is 27.4 Å². The fraction of sp³-hybridized carbons (Fsp3) is 0.550. The predicted molar refractivity (Wildman–Crippen MR) is 119 cm³/mol. The van der Waals surface area contributed by atoms with E-state index in [9.17, 15) is 18.0 Å². The van der Waals surface area contributed by atoms with Crippen LogP contribution < -0.4 is 10.2 Å². The maximum Gasteiger partial charge on any atom is 0.408 e. The maximum absolute atomic E-state index is 12.4. The summed E-state index contributed by atoms with van der Waals surface area (Å²) in [7, 11) is -3.14. The summed E-state index contributed by atoms with van der Waals surface area (Å²) < 4.78 is 29.5. The van der Waals surface area contributed by atoms with Crippen LogP contribution in [0.5, 0.6) is 0 Å². The molecule has 1 N–H and O–H groups in total. The molecule has 0 unspecified atom stereocenters. The second-order valence-corrected chi connectivity index (χ2v) is 11.9. The lowest BCUT2D eigenvalue weighted by Crippen LogP contribution is -2.39. The zero-order valence-corrected chi connectivity index (χ0v) is 19.4. The molecule has 1 aromatic carbocycles. The number of carbonyl (C=O) groups is 2. The summed E-state index contributed by atoms with van der Waals surface area (Å²) in [5.41, 5.74) is 2.26. The van der Waals surface area contributed by atoms with E-state index in [0.29, 0.717) is 5.17 Å². The molecule has 0 bridgehead atoms. The Labute approximate surface area is 181 Å². The number of aryl methyl sites for hydroxylation is 1. The van der Waals surface area contributed by atoms with Crippen LogP contribution in [0.25, 0.3) is 0 Å². The molecule has 2 aliphatic rings. The molecule has 30 heavy (non-hydrogen) atoms. The van der Waals surface area contributed by atoms with Gasteiger partial charge in [-0.2, -0.15) is 4.99 Å². The SMILES string of the molecule is Cc1cccc(N2C(=NC(=O)CNC(=O)OC(C)(C)C)S[C@@H]3CS(=O)(=O)C[C@@H]32)c1C. The molecule has 1 aromatic rings. The summed E-state index contributed by atoms with van der Waals surface area (Å²) >= 11 is 1.31. The van der Waals surface area contributed by atoms with Crippen LogP contribution in [-0.4, -0.2) is 60.5 Å². The molecule has 10 heteroatoms. The first-order valence-electron chi connectivity index (χ1n) is 9.67. The number of ether oxygens (including phenoxy) is 1. The minimum Gasteiger partial charge on any atom is -0.444 e. The summed E-state index contributed by atoms with van der Waals surface area (Å²) in [5, 5.41) is 2.69. The molecule has 0 saturated carbocycles. The van der Waals surface area contributed by atoms with Gasteiger partial charge < -0.3 is 15.0 Å². The van der Waals surface area contributed by atoms with Gasteiger partial charge in [-0.3, -0.25) is 4.79 Å². The Kier molecular flexibility index (Phi) is 6.20. The van der Waals surface area contributed by atoms with Gasteiger partial charge in [0.15, 0.2) is 15.0 Å². The van der Waals surface area contributed by atoms with Crippen LogP contribution in [0.3, 0.4) is 0 Å². The van der Waals surface area contributed by atoms with Gasteiger partial charge in [-0.1, -0.05) is 23.9 Å². The number of alkyl carbamates (subject to hydrolysis) is 1. The summed E-state index contributed by atoms with van der Waals surface area (Å²) in [4.78, 5) is 30.3. The van der Waals surface area contributed by atoms with Crippen molar-refractivity contribution in [3.8, 4) is 0 Å². The fourth-order valence-electron chi connectivity index (χ4n) is 3.45. The Balaban J connectivity index is 1.83. The molecule has 2 amide bonds. The molecule has 2 saturated heterocycles. The van der Waals surface area contributed by atoms with Gasteiger partial charge in [-0.05, 0) is 51.8 Å². The zero-order chi connectivity index (χ0) is 22.3. The van der Waals surface area contributed by atoms with E-state index in [-0.39, 0.29) is 29.3 Å². The van der Waals surface area contributed by atoms with Crippen molar-refractivity contribution in [1.29, 1.82) is 0 Å². The second-order valence-electron chi connectivity index (χ2n) is 8.53. The Morgan fingerprint density at radius 2 is 1.97 bits per heavy atom. The Morgan fingerprint density at radius 3 is 2.63 bits per heavy atom. The molecule has 0 spiro atoms. The number of nitrogens with zero attached hydrogens (tertiary/aromatic N) is 2. The first-order chi connectivity index (χ1) is 13.9. The van der Waals surface area contributed by atoms with Crippen LogP contribution in [0.4, 0.5) is 10.5 Å². The van der Waals surface area contributed by atoms with Crippen molar-refractivity contribution in [3.05, 3.63) is 29.3 Å². The Hall–Kier alpha value is -2.07. The van der Waals surface area contributed by atoms with Gasteiger partial charge in [0.1, 0.15) is 12.1 Å². The normalized spacial score (nSPS) is 24.0. The summed E-state index contributed by atoms with van der Waals surface area (Å²) in [6, 6.07) is 5.53. The van der Waals surface area contributed by atoms with Crippen LogP contribution in [0.2, 0.25) is 0 Å². The minimum absolute atomic E-state index is 0.0292. The van der Waals surface area contributed by atoms with Crippen LogP contribution in [0.1, 0.15) is 31.9 Å². The van der Waals surface area contributed by atoms with E-state index >= 15 is 0 Å². The number of amides is 2. The van der Waals surface area contributed by atoms with E-state index in [1.165, 1.54) is 11.8 Å². The van der Waals surface area contributed by atoms with Crippen molar-refractivity contribution in [1.82, 2.24) is 5.32 Å². The Morgan fingerprint density at radius 1 is 1.27 bits per heavy atom. The number of benzene rings is 1. The highest BCUT2D eigenvalue weighted by Gasteiger charge is 2.49. The van der Waals surface area contributed by atoms with Crippen molar-refractivity contribution in [3.63, 3.8) is 0 Å². The lowest BCUT2D eigenvalue weighted by molar-refractivity contribution is -0.117. The molecule has 2 aliphatic heterocycles. The number of amidine groups is 1. The van der Waals surface area contributed by atoms with Gasteiger partial charge in [0.25, 0.3) is 5.91 Å². The number of nitrogens with one attached hydrogen (secondary N) is 1. The number of carbonyl (C=O) groups excluding carboxylic acids is 2. The Bertz CT molecular complexity index is 998. The van der Waals surface area contributed by atoms with Crippen LogP contribution >= 0.6 is 11.8 Å². The predicted octanol–water partition coefficient (Wildman–Crippen LogP) is 2.43. The average molecular weight is 454 g/mol. The van der Waals surface area contributed by atoms with Crippen LogP contribution in [-0.2, 0) is 19.4 Å². The molecule has 8 nitrogen and oxygen atoms in total. The topological polar surface area (TPSA) is 105 Å². The van der Waals surface area contributed by atoms with E-state index in [4.69, 9.17) is 4.74 Å². The number of thioether (sulfide) groups is 1. The highest BCUT2D eigenvalue weighted by Crippen LogP contribution is 2.42. The van der Waals surface area contributed by atoms with Crippen molar-refractivity contribution in [2.75, 3.05) is 23.0 Å². The van der Waals surface area contributed by atoms with Crippen molar-refractivity contribution in [2.24, 2.45) is 4.99 Å². The standard InChI is InChI=1S/C20H27N3O5S2/c1-12-7-6-8-14(13(12)2)23-15-10-30(26,27)11-16(15)29-18(23)22-17(24)9-21-19(25)28-20(3,4)5/h6-8,15-16H,9-11H2,1-5H3,(H,21,25)/t15-,16+/m0/s1. The second kappa shape index (κ2) is 8.22. The van der Waals surface area contributed by atoms with Gasteiger partial charge in [-0.25, -0.2) is 13.2 Å². The average Bonchev–Trinajstić information content (AvgIpc) is 3.05. The third-order valence-corrected chi connectivity index (χ3v) is 8.12. The summed E-state index contributed by atoms with van der Waals surface area (Å²) in [6.45, 7) is 8.86. The van der Waals surface area contributed by atoms with Gasteiger partial charge in [0, 0.05) is 10.9 Å². The molecule has 0 aromatic heterocycles. The monoisotopic (exact) mass is 453 g/mol. The van der Waals surface area contributed by atoms with Gasteiger partial charge in [0.05, 0.1) is 17.5 Å². The molecular formula is C20H27N3O5S2. The highest BCUT2D eigenvalue weighted by atomic mass is 32.2.